The SMILES string of the molecule is CC(c1ccccc1Br)N1CCC(NCC2CC2)CC1.Cl. The van der Waals surface area contributed by atoms with Crippen LogP contribution in [0.15, 0.2) is 28.7 Å². The van der Waals surface area contributed by atoms with Crippen molar-refractivity contribution in [1.29, 1.82) is 0 Å². The quantitative estimate of drug-likeness (QED) is 0.823. The molecule has 0 aromatic heterocycles. The molecule has 118 valence electrons. The minimum absolute atomic E-state index is 0. The molecule has 1 saturated carbocycles. The summed E-state index contributed by atoms with van der Waals surface area (Å²) >= 11 is 3.68. The molecule has 2 fully saturated rings. The van der Waals surface area contributed by atoms with E-state index in [2.05, 4.69) is 57.3 Å². The number of rotatable bonds is 5. The fourth-order valence-corrected chi connectivity index (χ4v) is 3.77. The van der Waals surface area contributed by atoms with Gasteiger partial charge in [0, 0.05) is 29.6 Å². The lowest BCUT2D eigenvalue weighted by Crippen LogP contribution is -2.43. The Kier molecular flexibility index (Phi) is 6.54. The standard InChI is InChI=1S/C17H25BrN2.ClH/c1-13(16-4-2-3-5-17(16)18)20-10-8-15(9-11-20)19-12-14-6-7-14;/h2-5,13-15,19H,6-12H2,1H3;1H. The summed E-state index contributed by atoms with van der Waals surface area (Å²) in [6.45, 7) is 6.01. The maximum Gasteiger partial charge on any atom is 0.0331 e. The van der Waals surface area contributed by atoms with Crippen LogP contribution < -0.4 is 5.32 Å². The van der Waals surface area contributed by atoms with E-state index in [1.807, 2.05) is 0 Å². The lowest BCUT2D eigenvalue weighted by atomic mass is 10.00. The fourth-order valence-electron chi connectivity index (χ4n) is 3.16. The van der Waals surface area contributed by atoms with E-state index in [1.165, 1.54) is 55.4 Å². The van der Waals surface area contributed by atoms with Gasteiger partial charge in [-0.2, -0.15) is 0 Å². The first kappa shape index (κ1) is 17.3. The minimum atomic E-state index is 0. The van der Waals surface area contributed by atoms with E-state index in [0.29, 0.717) is 6.04 Å². The molecule has 1 aliphatic heterocycles. The van der Waals surface area contributed by atoms with Crippen LogP contribution in [0.2, 0.25) is 0 Å². The second-order valence-corrected chi connectivity index (χ2v) is 7.21. The number of nitrogens with one attached hydrogen (secondary N) is 1. The average Bonchev–Trinajstić information content (AvgIpc) is 3.30. The van der Waals surface area contributed by atoms with Gasteiger partial charge in [0.1, 0.15) is 0 Å². The third kappa shape index (κ3) is 4.69. The molecule has 1 N–H and O–H groups in total. The van der Waals surface area contributed by atoms with E-state index in [9.17, 15) is 0 Å². The van der Waals surface area contributed by atoms with Gasteiger partial charge in [-0.05, 0) is 56.7 Å². The smallest absolute Gasteiger partial charge is 0.0331 e. The first-order chi connectivity index (χ1) is 9.74. The highest BCUT2D eigenvalue weighted by atomic mass is 79.9. The molecule has 1 aliphatic carbocycles. The molecule has 0 bridgehead atoms. The van der Waals surface area contributed by atoms with E-state index in [4.69, 9.17) is 0 Å². The summed E-state index contributed by atoms with van der Waals surface area (Å²) in [5, 5.41) is 3.76. The number of likely N-dealkylation sites (tertiary alicyclic amines) is 1. The number of halogens is 2. The van der Waals surface area contributed by atoms with Crippen LogP contribution in [-0.2, 0) is 0 Å². The van der Waals surface area contributed by atoms with Gasteiger partial charge in [0.25, 0.3) is 0 Å². The van der Waals surface area contributed by atoms with Crippen LogP contribution >= 0.6 is 28.3 Å². The van der Waals surface area contributed by atoms with Gasteiger partial charge in [0.2, 0.25) is 0 Å². The Morgan fingerprint density at radius 1 is 1.19 bits per heavy atom. The van der Waals surface area contributed by atoms with E-state index in [0.717, 1.165) is 12.0 Å². The molecule has 21 heavy (non-hydrogen) atoms. The number of nitrogens with zero attached hydrogens (tertiary/aromatic N) is 1. The van der Waals surface area contributed by atoms with Crippen LogP contribution in [0.25, 0.3) is 0 Å². The van der Waals surface area contributed by atoms with Gasteiger partial charge in [0.05, 0.1) is 0 Å². The van der Waals surface area contributed by atoms with Crippen molar-refractivity contribution in [2.45, 2.75) is 44.7 Å². The predicted molar refractivity (Wildman–Crippen MR) is 95.1 cm³/mol. The van der Waals surface area contributed by atoms with Crippen LogP contribution in [0, 0.1) is 5.92 Å². The number of benzene rings is 1. The summed E-state index contributed by atoms with van der Waals surface area (Å²) in [5.41, 5.74) is 1.41. The monoisotopic (exact) mass is 372 g/mol. The largest absolute Gasteiger partial charge is 0.314 e. The Morgan fingerprint density at radius 3 is 2.48 bits per heavy atom. The molecule has 2 aliphatic rings. The molecule has 4 heteroatoms. The highest BCUT2D eigenvalue weighted by molar-refractivity contribution is 9.10. The lowest BCUT2D eigenvalue weighted by molar-refractivity contribution is 0.152. The van der Waals surface area contributed by atoms with Crippen LogP contribution in [-0.4, -0.2) is 30.6 Å². The van der Waals surface area contributed by atoms with Crippen molar-refractivity contribution in [3.8, 4) is 0 Å². The molecule has 0 radical (unpaired) electrons. The summed E-state index contributed by atoms with van der Waals surface area (Å²) in [6, 6.07) is 9.88. The molecule has 3 rings (SSSR count). The van der Waals surface area contributed by atoms with E-state index in [1.54, 1.807) is 0 Å². The Labute approximate surface area is 143 Å². The Balaban J connectivity index is 0.00000161. The molecule has 1 heterocycles. The molecule has 1 aromatic carbocycles. The van der Waals surface area contributed by atoms with Crippen molar-refractivity contribution in [3.05, 3.63) is 34.3 Å². The first-order valence-electron chi connectivity index (χ1n) is 7.96. The molecular formula is C17H26BrClN2. The van der Waals surface area contributed by atoms with E-state index in [-0.39, 0.29) is 12.4 Å². The highest BCUT2D eigenvalue weighted by Crippen LogP contribution is 2.30. The van der Waals surface area contributed by atoms with Gasteiger partial charge in [-0.1, -0.05) is 34.1 Å². The fraction of sp³-hybridized carbons (Fsp3) is 0.647. The van der Waals surface area contributed by atoms with Gasteiger partial charge in [-0.3, -0.25) is 4.90 Å². The van der Waals surface area contributed by atoms with Gasteiger partial charge < -0.3 is 5.32 Å². The predicted octanol–water partition coefficient (Wildman–Crippen LogP) is 4.40. The summed E-state index contributed by atoms with van der Waals surface area (Å²) in [4.78, 5) is 2.62. The van der Waals surface area contributed by atoms with Crippen molar-refractivity contribution >= 4 is 28.3 Å². The van der Waals surface area contributed by atoms with Gasteiger partial charge in [0.15, 0.2) is 0 Å². The van der Waals surface area contributed by atoms with Gasteiger partial charge >= 0.3 is 0 Å². The molecular weight excluding hydrogens is 348 g/mol. The topological polar surface area (TPSA) is 15.3 Å². The molecule has 0 amide bonds. The maximum atomic E-state index is 3.76. The normalized spacial score (nSPS) is 21.8. The minimum Gasteiger partial charge on any atom is -0.314 e. The summed E-state index contributed by atoms with van der Waals surface area (Å²) in [5.74, 6) is 0.993. The third-order valence-corrected chi connectivity index (χ3v) is 5.55. The summed E-state index contributed by atoms with van der Waals surface area (Å²) in [7, 11) is 0. The Bertz CT molecular complexity index is 442. The van der Waals surface area contributed by atoms with Crippen LogP contribution in [0.3, 0.4) is 0 Å². The second kappa shape index (κ2) is 7.96. The second-order valence-electron chi connectivity index (χ2n) is 6.36. The van der Waals surface area contributed by atoms with Crippen LogP contribution in [0.1, 0.15) is 44.2 Å². The molecule has 2 nitrogen and oxygen atoms in total. The number of hydrogen-bond acceptors (Lipinski definition) is 2. The zero-order valence-corrected chi connectivity index (χ0v) is 15.1. The molecule has 0 spiro atoms. The average molecular weight is 374 g/mol. The number of hydrogen-bond donors (Lipinski definition) is 1. The van der Waals surface area contributed by atoms with Gasteiger partial charge in [-0.15, -0.1) is 12.4 Å². The lowest BCUT2D eigenvalue weighted by Gasteiger charge is -2.37. The maximum absolute atomic E-state index is 3.76. The summed E-state index contributed by atoms with van der Waals surface area (Å²) < 4.78 is 1.24. The van der Waals surface area contributed by atoms with Crippen molar-refractivity contribution in [2.75, 3.05) is 19.6 Å². The Hall–Kier alpha value is -0.0900. The zero-order chi connectivity index (χ0) is 13.9. The van der Waals surface area contributed by atoms with E-state index >= 15 is 0 Å². The van der Waals surface area contributed by atoms with Crippen molar-refractivity contribution in [1.82, 2.24) is 10.2 Å². The van der Waals surface area contributed by atoms with Crippen molar-refractivity contribution < 1.29 is 0 Å². The third-order valence-electron chi connectivity index (χ3n) is 4.82. The van der Waals surface area contributed by atoms with Crippen LogP contribution in [0.5, 0.6) is 0 Å². The van der Waals surface area contributed by atoms with Gasteiger partial charge in [-0.25, -0.2) is 0 Å². The number of piperidine rings is 1. The highest BCUT2D eigenvalue weighted by Gasteiger charge is 2.26. The molecule has 1 saturated heterocycles. The molecule has 1 aromatic rings. The van der Waals surface area contributed by atoms with Crippen molar-refractivity contribution in [3.63, 3.8) is 0 Å². The van der Waals surface area contributed by atoms with Crippen molar-refractivity contribution in [2.24, 2.45) is 5.92 Å². The van der Waals surface area contributed by atoms with E-state index < -0.39 is 0 Å². The zero-order valence-electron chi connectivity index (χ0n) is 12.7. The Morgan fingerprint density at radius 2 is 1.86 bits per heavy atom. The molecule has 1 unspecified atom stereocenters. The summed E-state index contributed by atoms with van der Waals surface area (Å²) in [6.07, 6.45) is 5.48. The molecule has 1 atom stereocenters. The van der Waals surface area contributed by atoms with Crippen LogP contribution in [0.4, 0.5) is 0 Å². The first-order valence-corrected chi connectivity index (χ1v) is 8.75.